The van der Waals surface area contributed by atoms with E-state index in [9.17, 15) is 20.1 Å². The average molecular weight is 637 g/mol. The van der Waals surface area contributed by atoms with Crippen LogP contribution in [0.3, 0.4) is 0 Å². The molecule has 0 spiro atoms. The molecule has 1 fully saturated rings. The highest BCUT2D eigenvalue weighted by Gasteiger charge is 2.33. The van der Waals surface area contributed by atoms with Crippen LogP contribution >= 0.6 is 0 Å². The maximum absolute atomic E-state index is 10.9. The number of nitrogens with zero attached hydrogens (tertiary/aromatic N) is 2. The molecule has 0 bridgehead atoms. The summed E-state index contributed by atoms with van der Waals surface area (Å²) in [6.07, 6.45) is 4.97. The van der Waals surface area contributed by atoms with Crippen molar-refractivity contribution in [3.63, 3.8) is 0 Å². The Hall–Kier alpha value is -0.610. The molecule has 0 amide bonds. The predicted molar refractivity (Wildman–Crippen MR) is 189 cm³/mol. The van der Waals surface area contributed by atoms with E-state index >= 15 is 0 Å². The van der Waals surface area contributed by atoms with Crippen LogP contribution in [0.1, 0.15) is 129 Å². The molecular formula is C36H80N2O6. The Labute approximate surface area is 275 Å². The van der Waals surface area contributed by atoms with Crippen LogP contribution in [0, 0.1) is 23.7 Å². The number of ether oxygens (including phenoxy) is 2. The summed E-state index contributed by atoms with van der Waals surface area (Å²) in [5.41, 5.74) is -0.818. The van der Waals surface area contributed by atoms with Crippen molar-refractivity contribution in [2.45, 2.75) is 171 Å². The van der Waals surface area contributed by atoms with Crippen LogP contribution in [-0.2, 0) is 14.3 Å². The lowest BCUT2D eigenvalue weighted by atomic mass is 9.84. The van der Waals surface area contributed by atoms with E-state index in [0.717, 1.165) is 44.9 Å². The van der Waals surface area contributed by atoms with Gasteiger partial charge in [0.1, 0.15) is 6.29 Å². The van der Waals surface area contributed by atoms with Gasteiger partial charge in [0.05, 0.1) is 23.9 Å². The van der Waals surface area contributed by atoms with Gasteiger partial charge in [-0.2, -0.15) is 0 Å². The van der Waals surface area contributed by atoms with Crippen molar-refractivity contribution in [1.29, 1.82) is 0 Å². The summed E-state index contributed by atoms with van der Waals surface area (Å²) < 4.78 is 10.6. The standard InChI is InChI=1S/C23H47NO4.C8H17NO2.2C2H6.CH4/c1-10-21(28-9)23(7,27)13-17(3)14-24(8)20(6)12-16(2)11-18(4)22(26)19(5)15-25;1-6-4-7(9(2)3)5-8(10)11-6;2*1-2;/h15-22,26-27H,10-14H2,1-9H3;6-8,10H,4-5H2,1-3H3;2*1-2H3;1H4/t16?,17-,18?,19?,20-,21?,22?,23+;;;;/m1..../s1. The number of aldehydes is 1. The summed E-state index contributed by atoms with van der Waals surface area (Å²) in [5, 5.41) is 30.2. The van der Waals surface area contributed by atoms with Crippen molar-refractivity contribution in [2.24, 2.45) is 23.7 Å². The Morgan fingerprint density at radius 1 is 1.00 bits per heavy atom. The molecule has 0 aromatic carbocycles. The van der Waals surface area contributed by atoms with Gasteiger partial charge in [-0.05, 0) is 91.8 Å². The smallest absolute Gasteiger partial charge is 0.156 e. The Morgan fingerprint density at radius 2 is 1.52 bits per heavy atom. The van der Waals surface area contributed by atoms with Gasteiger partial charge < -0.3 is 39.4 Å². The molecule has 11 atom stereocenters. The average Bonchev–Trinajstić information content (AvgIpc) is 2.94. The fourth-order valence-electron chi connectivity index (χ4n) is 6.18. The van der Waals surface area contributed by atoms with Crippen LogP contribution in [-0.4, -0.2) is 108 Å². The minimum absolute atomic E-state index is 0. The summed E-state index contributed by atoms with van der Waals surface area (Å²) in [6.45, 7) is 25.3. The normalized spacial score (nSPS) is 24.2. The Bertz CT molecular complexity index is 636. The van der Waals surface area contributed by atoms with Crippen LogP contribution in [0.5, 0.6) is 0 Å². The summed E-state index contributed by atoms with van der Waals surface area (Å²) in [5.74, 6) is 0.630. The van der Waals surface area contributed by atoms with E-state index < -0.39 is 18.0 Å². The van der Waals surface area contributed by atoms with E-state index in [1.54, 1.807) is 14.0 Å². The highest BCUT2D eigenvalue weighted by Crippen LogP contribution is 2.27. The van der Waals surface area contributed by atoms with Crippen molar-refractivity contribution in [1.82, 2.24) is 9.80 Å². The molecule has 8 nitrogen and oxygen atoms in total. The summed E-state index contributed by atoms with van der Waals surface area (Å²) in [4.78, 5) is 15.4. The molecule has 8 unspecified atom stereocenters. The number of aliphatic hydroxyl groups excluding tert-OH is 2. The molecular weight excluding hydrogens is 556 g/mol. The number of hydrogen-bond donors (Lipinski definition) is 3. The minimum Gasteiger partial charge on any atom is -0.392 e. The topological polar surface area (TPSA) is 103 Å². The quantitative estimate of drug-likeness (QED) is 0.158. The molecule has 3 N–H and O–H groups in total. The molecule has 0 saturated carbocycles. The van der Waals surface area contributed by atoms with Crippen molar-refractivity contribution >= 4 is 6.29 Å². The van der Waals surface area contributed by atoms with E-state index in [0.29, 0.717) is 30.3 Å². The highest BCUT2D eigenvalue weighted by atomic mass is 16.6. The fraction of sp³-hybridized carbons (Fsp3) is 0.972. The molecule has 0 aliphatic carbocycles. The van der Waals surface area contributed by atoms with E-state index in [1.165, 1.54) is 0 Å². The van der Waals surface area contributed by atoms with Crippen molar-refractivity contribution < 1.29 is 29.6 Å². The van der Waals surface area contributed by atoms with Crippen LogP contribution in [0.15, 0.2) is 0 Å². The molecule has 1 saturated heterocycles. The zero-order chi connectivity index (χ0) is 34.5. The molecule has 1 rings (SSSR count). The third kappa shape index (κ3) is 21.2. The van der Waals surface area contributed by atoms with E-state index in [1.807, 2.05) is 69.5 Å². The highest BCUT2D eigenvalue weighted by molar-refractivity contribution is 5.53. The predicted octanol–water partition coefficient (Wildman–Crippen LogP) is 6.88. The van der Waals surface area contributed by atoms with Crippen LogP contribution in [0.25, 0.3) is 0 Å². The number of methoxy groups -OCH3 is 1. The van der Waals surface area contributed by atoms with Crippen LogP contribution in [0.4, 0.5) is 0 Å². The Kier molecular flexibility index (Phi) is 31.4. The molecule has 1 aliphatic heterocycles. The molecule has 0 radical (unpaired) electrons. The van der Waals surface area contributed by atoms with Gasteiger partial charge in [0.2, 0.25) is 0 Å². The number of aliphatic hydroxyl groups is 3. The zero-order valence-electron chi connectivity index (χ0n) is 31.3. The number of carbonyl (C=O) groups excluding carboxylic acids is 1. The molecule has 270 valence electrons. The van der Waals surface area contributed by atoms with Crippen molar-refractivity contribution in [3.05, 3.63) is 0 Å². The second-order valence-electron chi connectivity index (χ2n) is 13.1. The van der Waals surface area contributed by atoms with Crippen molar-refractivity contribution in [3.8, 4) is 0 Å². The number of rotatable bonds is 16. The SMILES string of the molecule is C.CC.CC.CC1CC(N(C)C)CC(O)O1.CCC(OC)[C@@](C)(O)C[C@@H](C)CN(C)[C@H](C)CC(C)CC(C)C(O)C(C)C=O. The second kappa shape index (κ2) is 27.5. The Morgan fingerprint density at radius 3 is 1.93 bits per heavy atom. The zero-order valence-corrected chi connectivity index (χ0v) is 31.3. The van der Waals surface area contributed by atoms with Gasteiger partial charge in [0.25, 0.3) is 0 Å². The first-order chi connectivity index (χ1) is 20.0. The molecule has 8 heteroatoms. The molecule has 44 heavy (non-hydrogen) atoms. The minimum atomic E-state index is -0.818. The van der Waals surface area contributed by atoms with Gasteiger partial charge in [0.15, 0.2) is 6.29 Å². The Balaban J connectivity index is -0.000000414. The first-order valence-corrected chi connectivity index (χ1v) is 17.1. The molecule has 0 aromatic heterocycles. The second-order valence-corrected chi connectivity index (χ2v) is 13.1. The lowest BCUT2D eigenvalue weighted by Crippen LogP contribution is -2.43. The largest absolute Gasteiger partial charge is 0.392 e. The third-order valence-corrected chi connectivity index (χ3v) is 8.51. The maximum Gasteiger partial charge on any atom is 0.156 e. The fourth-order valence-corrected chi connectivity index (χ4v) is 6.18. The number of carbonyl (C=O) groups is 1. The van der Waals surface area contributed by atoms with Gasteiger partial charge in [-0.25, -0.2) is 0 Å². The molecule has 1 heterocycles. The monoisotopic (exact) mass is 637 g/mol. The van der Waals surface area contributed by atoms with Crippen LogP contribution in [0.2, 0.25) is 0 Å². The van der Waals surface area contributed by atoms with Crippen molar-refractivity contribution in [2.75, 3.05) is 34.8 Å². The first kappa shape index (κ1) is 50.3. The number of hydrogen-bond acceptors (Lipinski definition) is 8. The van der Waals surface area contributed by atoms with Gasteiger partial charge in [-0.3, -0.25) is 0 Å². The van der Waals surface area contributed by atoms with Gasteiger partial charge in [0, 0.05) is 38.1 Å². The van der Waals surface area contributed by atoms with Crippen LogP contribution < -0.4 is 0 Å². The van der Waals surface area contributed by atoms with E-state index in [-0.39, 0.29) is 31.5 Å². The lowest BCUT2D eigenvalue weighted by molar-refractivity contribution is -0.172. The molecule has 0 aromatic rings. The molecule has 1 aliphatic rings. The lowest BCUT2D eigenvalue weighted by Gasteiger charge is -2.36. The van der Waals surface area contributed by atoms with E-state index in [2.05, 4.69) is 37.6 Å². The van der Waals surface area contributed by atoms with Gasteiger partial charge >= 0.3 is 0 Å². The third-order valence-electron chi connectivity index (χ3n) is 8.51. The summed E-state index contributed by atoms with van der Waals surface area (Å²) in [6, 6.07) is 0.883. The summed E-state index contributed by atoms with van der Waals surface area (Å²) in [7, 11) is 7.88. The van der Waals surface area contributed by atoms with Gasteiger partial charge in [-0.1, -0.05) is 69.7 Å². The maximum atomic E-state index is 10.9. The van der Waals surface area contributed by atoms with E-state index in [4.69, 9.17) is 9.47 Å². The van der Waals surface area contributed by atoms with Gasteiger partial charge in [-0.15, -0.1) is 0 Å². The first-order valence-electron chi connectivity index (χ1n) is 17.1. The summed E-state index contributed by atoms with van der Waals surface area (Å²) >= 11 is 0.